The first kappa shape index (κ1) is 17.4. The fourth-order valence-electron chi connectivity index (χ4n) is 1.50. The Bertz CT molecular complexity index is 855. The molecule has 21 heavy (non-hydrogen) atoms. The van der Waals surface area contributed by atoms with Gasteiger partial charge < -0.3 is 0 Å². The van der Waals surface area contributed by atoms with Crippen LogP contribution in [0.1, 0.15) is 9.30 Å². The zero-order valence-electron chi connectivity index (χ0n) is 10.0. The molecule has 4 nitrogen and oxygen atoms in total. The van der Waals surface area contributed by atoms with E-state index in [0.29, 0.717) is 0 Å². The lowest BCUT2D eigenvalue weighted by Gasteiger charge is -2.05. The van der Waals surface area contributed by atoms with E-state index in [4.69, 9.17) is 10.7 Å². The van der Waals surface area contributed by atoms with Crippen molar-refractivity contribution in [2.45, 2.75) is 17.7 Å². The summed E-state index contributed by atoms with van der Waals surface area (Å²) in [6.45, 7) is 0. The van der Waals surface area contributed by atoms with Gasteiger partial charge in [0.25, 0.3) is 9.05 Å². The number of alkyl halides is 2. The molecule has 1 heterocycles. The first-order valence-corrected chi connectivity index (χ1v) is 11.8. The maximum absolute atomic E-state index is 12.4. The molecule has 10 heteroatoms. The minimum absolute atomic E-state index is 0.0732. The molecular weight excluding hydrogens is 488 g/mol. The van der Waals surface area contributed by atoms with Gasteiger partial charge in [0.05, 0.1) is 13.5 Å². The van der Waals surface area contributed by atoms with Gasteiger partial charge in [0.1, 0.15) is 4.21 Å². The zero-order chi connectivity index (χ0) is 15.8. The molecule has 0 saturated heterocycles. The smallest absolute Gasteiger partial charge is 0.218 e. The molecule has 114 valence electrons. The quantitative estimate of drug-likeness (QED) is 0.470. The van der Waals surface area contributed by atoms with Gasteiger partial charge in [0, 0.05) is 16.1 Å². The van der Waals surface area contributed by atoms with E-state index in [1.807, 2.05) is 0 Å². The predicted molar refractivity (Wildman–Crippen MR) is 89.8 cm³/mol. The third-order valence-corrected chi connectivity index (χ3v) is 8.54. The standard InChI is InChI=1S/C11H7Br2ClO4S3/c12-11(13)7-1-3-8(4-2-7)20(15,16)9-5-10(19-6-9)21(14,17)18/h1-6,11H. The van der Waals surface area contributed by atoms with Crippen LogP contribution in [0.25, 0.3) is 0 Å². The fourth-order valence-corrected chi connectivity index (χ4v) is 5.78. The summed E-state index contributed by atoms with van der Waals surface area (Å²) in [7, 11) is -2.49. The Morgan fingerprint density at radius 1 is 1.00 bits per heavy atom. The molecule has 1 aromatic heterocycles. The Morgan fingerprint density at radius 3 is 2.00 bits per heavy atom. The summed E-state index contributed by atoms with van der Waals surface area (Å²) in [5.74, 6) is 0. The molecule has 2 rings (SSSR count). The third-order valence-electron chi connectivity index (χ3n) is 2.54. The van der Waals surface area contributed by atoms with Crippen molar-refractivity contribution in [3.05, 3.63) is 41.3 Å². The highest BCUT2D eigenvalue weighted by Crippen LogP contribution is 2.32. The topological polar surface area (TPSA) is 68.3 Å². The van der Waals surface area contributed by atoms with E-state index in [1.165, 1.54) is 17.5 Å². The van der Waals surface area contributed by atoms with Crippen LogP contribution in [-0.2, 0) is 18.9 Å². The van der Waals surface area contributed by atoms with Crippen molar-refractivity contribution in [3.63, 3.8) is 0 Å². The summed E-state index contributed by atoms with van der Waals surface area (Å²) < 4.78 is 46.9. The lowest BCUT2D eigenvalue weighted by atomic mass is 10.2. The van der Waals surface area contributed by atoms with Gasteiger partial charge in [-0.15, -0.1) is 11.3 Å². The lowest BCUT2D eigenvalue weighted by molar-refractivity contribution is 0.596. The van der Waals surface area contributed by atoms with E-state index < -0.39 is 18.9 Å². The second kappa shape index (κ2) is 6.29. The van der Waals surface area contributed by atoms with Crippen molar-refractivity contribution >= 4 is 72.8 Å². The van der Waals surface area contributed by atoms with E-state index in [-0.39, 0.29) is 17.7 Å². The SMILES string of the molecule is O=S(=O)(Cl)c1cc(S(=O)(=O)c2ccc(C(Br)Br)cc2)cs1. The highest BCUT2D eigenvalue weighted by atomic mass is 79.9. The number of hydrogen-bond donors (Lipinski definition) is 0. The first-order chi connectivity index (χ1) is 9.62. The second-order valence-electron chi connectivity index (χ2n) is 3.91. The number of rotatable bonds is 4. The van der Waals surface area contributed by atoms with Crippen molar-refractivity contribution in [3.8, 4) is 0 Å². The second-order valence-corrected chi connectivity index (χ2v) is 12.6. The van der Waals surface area contributed by atoms with Crippen LogP contribution in [0.4, 0.5) is 0 Å². The molecule has 0 radical (unpaired) electrons. The molecule has 0 amide bonds. The highest BCUT2D eigenvalue weighted by molar-refractivity contribution is 9.24. The Balaban J connectivity index is 2.45. The number of sulfone groups is 1. The van der Waals surface area contributed by atoms with Crippen molar-refractivity contribution in [1.82, 2.24) is 0 Å². The van der Waals surface area contributed by atoms with Crippen molar-refractivity contribution in [1.29, 1.82) is 0 Å². The summed E-state index contributed by atoms with van der Waals surface area (Å²) in [4.78, 5) is -0.00284. The van der Waals surface area contributed by atoms with Gasteiger partial charge in [0.2, 0.25) is 9.84 Å². The Labute approximate surface area is 147 Å². The van der Waals surface area contributed by atoms with Crippen LogP contribution in [0.15, 0.2) is 49.7 Å². The molecule has 1 aromatic carbocycles. The molecule has 0 N–H and O–H groups in total. The van der Waals surface area contributed by atoms with Crippen molar-refractivity contribution in [2.24, 2.45) is 0 Å². The van der Waals surface area contributed by atoms with E-state index in [2.05, 4.69) is 31.9 Å². The monoisotopic (exact) mass is 492 g/mol. The predicted octanol–water partition coefficient (Wildman–Crippen LogP) is 4.30. The largest absolute Gasteiger partial charge is 0.270 e. The molecular formula is C11H7Br2ClO4S3. The van der Waals surface area contributed by atoms with Crippen molar-refractivity contribution in [2.75, 3.05) is 0 Å². The van der Waals surface area contributed by atoms with Crippen LogP contribution in [0.5, 0.6) is 0 Å². The van der Waals surface area contributed by atoms with E-state index >= 15 is 0 Å². The molecule has 0 fully saturated rings. The van der Waals surface area contributed by atoms with E-state index in [9.17, 15) is 16.8 Å². The summed E-state index contributed by atoms with van der Waals surface area (Å²) in [6, 6.07) is 7.31. The molecule has 0 bridgehead atoms. The average molecular weight is 495 g/mol. The summed E-state index contributed by atoms with van der Waals surface area (Å²) in [5, 5.41) is 1.26. The number of halogens is 3. The van der Waals surface area contributed by atoms with Gasteiger partial charge in [-0.1, -0.05) is 44.0 Å². The van der Waals surface area contributed by atoms with Crippen LogP contribution < -0.4 is 0 Å². The van der Waals surface area contributed by atoms with Gasteiger partial charge >= 0.3 is 0 Å². The van der Waals surface area contributed by atoms with Gasteiger partial charge in [-0.3, -0.25) is 0 Å². The van der Waals surface area contributed by atoms with Crippen LogP contribution in [0, 0.1) is 0 Å². The molecule has 0 atom stereocenters. The highest BCUT2D eigenvalue weighted by Gasteiger charge is 2.23. The fraction of sp³-hybridized carbons (Fsp3) is 0.0909. The molecule has 0 aliphatic rings. The zero-order valence-corrected chi connectivity index (χ0v) is 16.4. The van der Waals surface area contributed by atoms with Crippen LogP contribution in [0.3, 0.4) is 0 Å². The van der Waals surface area contributed by atoms with Gasteiger partial charge in [-0.05, 0) is 23.8 Å². The third kappa shape index (κ3) is 3.89. The maximum atomic E-state index is 12.4. The summed E-state index contributed by atoms with van der Waals surface area (Å²) in [5.41, 5.74) is 0.864. The Kier molecular flexibility index (Phi) is 5.22. The van der Waals surface area contributed by atoms with Crippen LogP contribution in [-0.4, -0.2) is 16.8 Å². The molecule has 0 aliphatic carbocycles. The van der Waals surface area contributed by atoms with Gasteiger partial charge in [-0.25, -0.2) is 16.8 Å². The van der Waals surface area contributed by atoms with Crippen LogP contribution in [0.2, 0.25) is 0 Å². The average Bonchev–Trinajstić information content (AvgIpc) is 2.89. The first-order valence-electron chi connectivity index (χ1n) is 5.29. The number of hydrogen-bond acceptors (Lipinski definition) is 5. The van der Waals surface area contributed by atoms with Gasteiger partial charge in [0.15, 0.2) is 0 Å². The molecule has 0 spiro atoms. The summed E-state index contributed by atoms with van der Waals surface area (Å²) in [6.07, 6.45) is 0. The van der Waals surface area contributed by atoms with Gasteiger partial charge in [-0.2, -0.15) is 0 Å². The van der Waals surface area contributed by atoms with Crippen LogP contribution >= 0.6 is 53.9 Å². The Morgan fingerprint density at radius 2 is 1.57 bits per heavy atom. The molecule has 2 aromatic rings. The molecule has 0 unspecified atom stereocenters. The van der Waals surface area contributed by atoms with E-state index in [1.54, 1.807) is 12.1 Å². The molecule has 0 aliphatic heterocycles. The van der Waals surface area contributed by atoms with Crippen molar-refractivity contribution < 1.29 is 16.8 Å². The molecule has 0 saturated carbocycles. The minimum atomic E-state index is -3.93. The van der Waals surface area contributed by atoms with E-state index in [0.717, 1.165) is 23.0 Å². The normalized spacial score (nSPS) is 12.8. The Hall–Kier alpha value is 0.0700. The minimum Gasteiger partial charge on any atom is -0.218 e. The summed E-state index contributed by atoms with van der Waals surface area (Å²) >= 11 is 7.40. The maximum Gasteiger partial charge on any atom is 0.270 e. The number of benzene rings is 1. The lowest BCUT2D eigenvalue weighted by Crippen LogP contribution is -2.00. The number of thiophene rings is 1.